The first-order valence-corrected chi connectivity index (χ1v) is 26.2. The maximum atomic E-state index is 8.39. The van der Waals surface area contributed by atoms with Crippen LogP contribution >= 0.6 is 0 Å². The molecular weight excluding hydrogens is 1030 g/mol. The summed E-state index contributed by atoms with van der Waals surface area (Å²) in [5.74, 6) is 3.69. The van der Waals surface area contributed by atoms with Gasteiger partial charge < -0.3 is 4.85 Å². The van der Waals surface area contributed by atoms with Crippen LogP contribution in [0.3, 0.4) is 0 Å². The van der Waals surface area contributed by atoms with E-state index in [1.54, 1.807) is 31.8 Å². The van der Waals surface area contributed by atoms with E-state index in [1.807, 2.05) is 254 Å². The second-order valence-electron chi connectivity index (χ2n) is 17.9. The molecular formula is C68H61N15. The first-order valence-electron chi connectivity index (χ1n) is 26.2. The minimum Gasteiger partial charge on any atom is -0.360 e. The minimum absolute atomic E-state index is 0.498. The third-order valence-corrected chi connectivity index (χ3v) is 11.4. The van der Waals surface area contributed by atoms with Crippen LogP contribution in [0.4, 0.5) is 5.82 Å². The first kappa shape index (κ1) is 60.9. The second kappa shape index (κ2) is 33.9. The Morgan fingerprint density at radius 1 is 0.386 bits per heavy atom. The average molecular weight is 1090 g/mol. The summed E-state index contributed by atoms with van der Waals surface area (Å²) in [6.07, 6.45) is 17.1. The van der Waals surface area contributed by atoms with Gasteiger partial charge in [0.2, 0.25) is 0 Å². The van der Waals surface area contributed by atoms with E-state index in [0.29, 0.717) is 11.4 Å². The molecule has 12 rings (SSSR count). The lowest BCUT2D eigenvalue weighted by molar-refractivity contribution is 1.06. The SMILES string of the molecule is Cc1cc(-c2ccccc2)ncn1.Cc1ccnc(-c2ccccc2)n1.Cc1cnc(-c2ccccc2)nc1.Cc1ncc(-c2ccccc2)cn1.Cc1nccc(-c2ccccc2)n1.Cc1ncncc1C#N.[C-]#[N+]c1ncccc1C. The maximum absolute atomic E-state index is 8.39. The van der Waals surface area contributed by atoms with Gasteiger partial charge in [0.05, 0.1) is 22.6 Å². The lowest BCUT2D eigenvalue weighted by Crippen LogP contribution is -1.89. The van der Waals surface area contributed by atoms with E-state index >= 15 is 0 Å². The molecule has 0 aliphatic carbocycles. The maximum Gasteiger partial charge on any atom is 0.272 e. The Morgan fingerprint density at radius 3 is 1.42 bits per heavy atom. The largest absolute Gasteiger partial charge is 0.360 e. The van der Waals surface area contributed by atoms with Crippen molar-refractivity contribution in [1.29, 1.82) is 5.26 Å². The van der Waals surface area contributed by atoms with Crippen molar-refractivity contribution in [2.45, 2.75) is 48.5 Å². The summed E-state index contributed by atoms with van der Waals surface area (Å²) in [7, 11) is 0. The number of aryl methyl sites for hydroxylation is 7. The highest BCUT2D eigenvalue weighted by Gasteiger charge is 2.02. The first-order chi connectivity index (χ1) is 40.5. The zero-order valence-electron chi connectivity index (χ0n) is 47.3. The fraction of sp³-hybridized carbons (Fsp3) is 0.103. The van der Waals surface area contributed by atoms with Gasteiger partial charge in [-0.05, 0) is 89.4 Å². The third-order valence-electron chi connectivity index (χ3n) is 11.4. The van der Waals surface area contributed by atoms with Crippen molar-refractivity contribution in [1.82, 2.24) is 64.8 Å². The number of nitriles is 1. The van der Waals surface area contributed by atoms with Crippen LogP contribution in [0.15, 0.2) is 244 Å². The summed E-state index contributed by atoms with van der Waals surface area (Å²) in [6.45, 7) is 20.0. The summed E-state index contributed by atoms with van der Waals surface area (Å²) in [5.41, 5.74) is 13.8. The molecule has 0 N–H and O–H groups in total. The van der Waals surface area contributed by atoms with E-state index in [0.717, 1.165) is 96.3 Å². The Hall–Kier alpha value is -11.3. The molecule has 5 aromatic carbocycles. The summed E-state index contributed by atoms with van der Waals surface area (Å²) < 4.78 is 0. The van der Waals surface area contributed by atoms with Crippen LogP contribution in [-0.4, -0.2) is 64.8 Å². The molecule has 0 aliphatic heterocycles. The standard InChI is InChI=1S/5C11H10N2.C7H6N2.C6H5N3/c1-9-12-7-11(8-13-9)10-5-3-2-4-6-10;1-9-7-11(13-8-12-9)10-5-3-2-4-6-10;1-9-7-12-11(13-8-9)10-5-3-2-4-6-10;1-9-12-8-7-11(13-9)10-5-3-2-4-6-10;1-9-7-8-12-11(13-9)10-5-3-2-4-6-10;1-6-4-3-5-9-7(6)8-2;1-5-6(2-7)3-8-4-9-5/h5*2-8H,1H3;3-5H,1H3;3-4H,1H3. The van der Waals surface area contributed by atoms with Crippen LogP contribution in [0, 0.1) is 66.4 Å². The number of hydrogen-bond acceptors (Lipinski definition) is 14. The lowest BCUT2D eigenvalue weighted by Gasteiger charge is -1.99. The van der Waals surface area contributed by atoms with Gasteiger partial charge in [-0.15, -0.1) is 4.98 Å². The average Bonchev–Trinajstić information content (AvgIpc) is 3.55. The molecule has 0 saturated heterocycles. The summed E-state index contributed by atoms with van der Waals surface area (Å²) >= 11 is 0. The predicted octanol–water partition coefficient (Wildman–Crippen LogP) is 14.9. The van der Waals surface area contributed by atoms with Crippen LogP contribution in [0.1, 0.15) is 45.4 Å². The van der Waals surface area contributed by atoms with Crippen molar-refractivity contribution in [3.05, 3.63) is 301 Å². The topological polar surface area (TPSA) is 196 Å². The fourth-order valence-electron chi connectivity index (χ4n) is 7.02. The highest BCUT2D eigenvalue weighted by atomic mass is 14.9. The summed E-state index contributed by atoms with van der Waals surface area (Å²) in [6, 6.07) is 61.7. The Balaban J connectivity index is 0.000000156. The molecule has 12 aromatic rings. The molecule has 0 atom stereocenters. The predicted molar refractivity (Wildman–Crippen MR) is 328 cm³/mol. The molecule has 0 unspecified atom stereocenters. The molecule has 15 nitrogen and oxygen atoms in total. The zero-order valence-corrected chi connectivity index (χ0v) is 47.3. The molecule has 0 aliphatic rings. The highest BCUT2D eigenvalue weighted by molar-refractivity contribution is 5.62. The Labute approximate surface area is 485 Å². The highest BCUT2D eigenvalue weighted by Crippen LogP contribution is 2.19. The number of pyridine rings is 1. The van der Waals surface area contributed by atoms with Crippen LogP contribution in [0.25, 0.3) is 61.3 Å². The summed E-state index contributed by atoms with van der Waals surface area (Å²) in [4.78, 5) is 56.5. The van der Waals surface area contributed by atoms with Crippen LogP contribution in [-0.2, 0) is 0 Å². The van der Waals surface area contributed by atoms with Crippen LogP contribution in [0.2, 0.25) is 0 Å². The normalized spacial score (nSPS) is 9.60. The van der Waals surface area contributed by atoms with Crippen molar-refractivity contribution in [2.75, 3.05) is 0 Å². The van der Waals surface area contributed by atoms with Crippen molar-refractivity contribution in [2.24, 2.45) is 0 Å². The molecule has 83 heavy (non-hydrogen) atoms. The number of hydrogen-bond donors (Lipinski definition) is 0. The van der Waals surface area contributed by atoms with E-state index in [1.165, 1.54) is 12.5 Å². The molecule has 0 saturated carbocycles. The zero-order chi connectivity index (χ0) is 58.9. The number of aromatic nitrogens is 13. The monoisotopic (exact) mass is 1090 g/mol. The molecule has 0 bridgehead atoms. The van der Waals surface area contributed by atoms with Gasteiger partial charge in [0.25, 0.3) is 5.82 Å². The second-order valence-corrected chi connectivity index (χ2v) is 17.9. The van der Waals surface area contributed by atoms with Crippen molar-refractivity contribution < 1.29 is 0 Å². The van der Waals surface area contributed by atoms with Gasteiger partial charge >= 0.3 is 0 Å². The molecule has 0 radical (unpaired) electrons. The minimum atomic E-state index is 0.498. The summed E-state index contributed by atoms with van der Waals surface area (Å²) in [5, 5.41) is 8.39. The quantitative estimate of drug-likeness (QED) is 0.148. The number of rotatable bonds is 5. The molecule has 0 amide bonds. The lowest BCUT2D eigenvalue weighted by atomic mass is 10.1. The molecule has 7 heterocycles. The third kappa shape index (κ3) is 21.5. The van der Waals surface area contributed by atoms with E-state index in [9.17, 15) is 0 Å². The van der Waals surface area contributed by atoms with Gasteiger partial charge in [-0.2, -0.15) is 5.26 Å². The van der Waals surface area contributed by atoms with Crippen LogP contribution < -0.4 is 0 Å². The Bertz CT molecular complexity index is 3550. The van der Waals surface area contributed by atoms with Gasteiger partial charge in [-0.3, -0.25) is 0 Å². The Morgan fingerprint density at radius 2 is 0.928 bits per heavy atom. The van der Waals surface area contributed by atoms with E-state index in [-0.39, 0.29) is 0 Å². The van der Waals surface area contributed by atoms with Crippen molar-refractivity contribution in [3.63, 3.8) is 0 Å². The van der Waals surface area contributed by atoms with Gasteiger partial charge in [-0.25, -0.2) is 59.8 Å². The molecule has 0 spiro atoms. The molecule has 0 fully saturated rings. The van der Waals surface area contributed by atoms with Gasteiger partial charge in [-0.1, -0.05) is 164 Å². The van der Waals surface area contributed by atoms with E-state index in [4.69, 9.17) is 11.8 Å². The van der Waals surface area contributed by atoms with Gasteiger partial charge in [0, 0.05) is 82.6 Å². The fourth-order valence-corrected chi connectivity index (χ4v) is 7.02. The van der Waals surface area contributed by atoms with Gasteiger partial charge in [0.1, 0.15) is 36.6 Å². The molecule has 7 aromatic heterocycles. The molecule has 408 valence electrons. The van der Waals surface area contributed by atoms with Crippen molar-refractivity contribution in [3.8, 4) is 62.5 Å². The van der Waals surface area contributed by atoms with Crippen LogP contribution in [0.5, 0.6) is 0 Å². The smallest absolute Gasteiger partial charge is 0.272 e. The Kier molecular flexibility index (Phi) is 24.9. The number of benzene rings is 5. The van der Waals surface area contributed by atoms with Crippen molar-refractivity contribution >= 4 is 5.82 Å². The molecule has 15 heteroatoms. The number of nitrogens with zero attached hydrogens (tertiary/aromatic N) is 15. The van der Waals surface area contributed by atoms with E-state index in [2.05, 4.69) is 69.6 Å². The van der Waals surface area contributed by atoms with Gasteiger partial charge in [0.15, 0.2) is 11.6 Å². The van der Waals surface area contributed by atoms with E-state index < -0.39 is 0 Å².